The van der Waals surface area contributed by atoms with Gasteiger partial charge in [0.1, 0.15) is 6.67 Å². The molecule has 0 aliphatic heterocycles. The maximum Gasteiger partial charge on any atom is 0.303 e. The van der Waals surface area contributed by atoms with Crippen molar-refractivity contribution >= 4 is 5.97 Å². The van der Waals surface area contributed by atoms with Crippen LogP contribution in [0.15, 0.2) is 42.6 Å². The molecule has 1 heterocycles. The highest BCUT2D eigenvalue weighted by molar-refractivity contribution is 5.66. The molecule has 0 aliphatic rings. The summed E-state index contributed by atoms with van der Waals surface area (Å²) in [4.78, 5) is 10.8. The number of benzene rings is 1. The number of ether oxygens (including phenoxy) is 2. The van der Waals surface area contributed by atoms with E-state index in [1.165, 1.54) is 20.2 Å². The number of halogens is 1. The second kappa shape index (κ2) is 8.55. The van der Waals surface area contributed by atoms with Gasteiger partial charge in [-0.3, -0.25) is 10.0 Å². The molecule has 0 saturated heterocycles. The maximum atomic E-state index is 12.8. The SMILES string of the molecule is CO[C@H](c1ccc(-c2ccc(COC(C)=O)[n+](O)c2)cc1)[C@H](N)CF. The van der Waals surface area contributed by atoms with E-state index in [0.29, 0.717) is 5.69 Å². The van der Waals surface area contributed by atoms with Crippen LogP contribution in [0, 0.1) is 0 Å². The lowest BCUT2D eigenvalue weighted by Gasteiger charge is -2.20. The molecule has 134 valence electrons. The minimum Gasteiger partial charge on any atom is -0.454 e. The first-order valence-corrected chi connectivity index (χ1v) is 7.78. The molecule has 1 aromatic heterocycles. The van der Waals surface area contributed by atoms with Gasteiger partial charge in [0.2, 0.25) is 6.20 Å². The van der Waals surface area contributed by atoms with Crippen LogP contribution < -0.4 is 10.5 Å². The van der Waals surface area contributed by atoms with Gasteiger partial charge in [0, 0.05) is 24.8 Å². The van der Waals surface area contributed by atoms with Crippen LogP contribution in [0.2, 0.25) is 0 Å². The third-order valence-corrected chi connectivity index (χ3v) is 3.83. The van der Waals surface area contributed by atoms with E-state index in [2.05, 4.69) is 0 Å². The molecule has 2 rings (SSSR count). The highest BCUT2D eigenvalue weighted by Crippen LogP contribution is 2.24. The normalized spacial score (nSPS) is 13.3. The number of nitrogens with zero attached hydrogens (tertiary/aromatic N) is 1. The Kier molecular flexibility index (Phi) is 6.44. The van der Waals surface area contributed by atoms with Gasteiger partial charge in [0.15, 0.2) is 6.61 Å². The van der Waals surface area contributed by atoms with Crippen molar-refractivity contribution in [1.82, 2.24) is 0 Å². The number of alkyl halides is 1. The zero-order valence-electron chi connectivity index (χ0n) is 14.2. The second-order valence-corrected chi connectivity index (χ2v) is 5.63. The average Bonchev–Trinajstić information content (AvgIpc) is 2.61. The Hall–Kier alpha value is -2.51. The molecule has 2 aromatic rings. The molecular weight excluding hydrogens is 327 g/mol. The first-order valence-electron chi connectivity index (χ1n) is 7.78. The fourth-order valence-electron chi connectivity index (χ4n) is 2.48. The van der Waals surface area contributed by atoms with Crippen molar-refractivity contribution in [3.8, 4) is 11.1 Å². The summed E-state index contributed by atoms with van der Waals surface area (Å²) in [6, 6.07) is 10.1. The van der Waals surface area contributed by atoms with Gasteiger partial charge in [-0.2, -0.15) is 0 Å². The van der Waals surface area contributed by atoms with Crippen LogP contribution in [0.5, 0.6) is 0 Å². The largest absolute Gasteiger partial charge is 0.454 e. The summed E-state index contributed by atoms with van der Waals surface area (Å²) in [5.41, 5.74) is 8.57. The number of methoxy groups -OCH3 is 1. The maximum absolute atomic E-state index is 12.8. The third kappa shape index (κ3) is 4.74. The predicted molar refractivity (Wildman–Crippen MR) is 88.4 cm³/mol. The van der Waals surface area contributed by atoms with Gasteiger partial charge in [0.05, 0.1) is 17.7 Å². The van der Waals surface area contributed by atoms with Crippen molar-refractivity contribution in [2.24, 2.45) is 5.73 Å². The molecule has 25 heavy (non-hydrogen) atoms. The highest BCUT2D eigenvalue weighted by atomic mass is 19.1. The zero-order valence-corrected chi connectivity index (χ0v) is 14.2. The Morgan fingerprint density at radius 3 is 2.40 bits per heavy atom. The Morgan fingerprint density at radius 1 is 1.24 bits per heavy atom. The van der Waals surface area contributed by atoms with Gasteiger partial charge < -0.3 is 15.2 Å². The Morgan fingerprint density at radius 2 is 1.88 bits per heavy atom. The fourth-order valence-corrected chi connectivity index (χ4v) is 2.48. The molecule has 3 N–H and O–H groups in total. The summed E-state index contributed by atoms with van der Waals surface area (Å²) < 4.78 is 23.8. The Bertz CT molecular complexity index is 722. The summed E-state index contributed by atoms with van der Waals surface area (Å²) in [6.45, 7) is 0.621. The van der Waals surface area contributed by atoms with Gasteiger partial charge >= 0.3 is 5.97 Å². The van der Waals surface area contributed by atoms with Crippen molar-refractivity contribution in [2.45, 2.75) is 25.7 Å². The number of carbonyl (C=O) groups is 1. The van der Waals surface area contributed by atoms with Crippen LogP contribution in [-0.4, -0.2) is 31.0 Å². The number of hydrogen-bond acceptors (Lipinski definition) is 5. The number of rotatable bonds is 7. The highest BCUT2D eigenvalue weighted by Gasteiger charge is 2.20. The topological polar surface area (TPSA) is 85.7 Å². The fraction of sp³-hybridized carbons (Fsp3) is 0.333. The zero-order chi connectivity index (χ0) is 18.4. The van der Waals surface area contributed by atoms with Crippen LogP contribution in [0.3, 0.4) is 0 Å². The van der Waals surface area contributed by atoms with E-state index < -0.39 is 24.8 Å². The van der Waals surface area contributed by atoms with Crippen LogP contribution in [0.4, 0.5) is 4.39 Å². The second-order valence-electron chi connectivity index (χ2n) is 5.63. The molecule has 0 saturated carbocycles. The number of nitrogens with two attached hydrogens (primary N) is 1. The first-order chi connectivity index (χ1) is 12.0. The van der Waals surface area contributed by atoms with E-state index in [1.807, 2.05) is 30.3 Å². The number of hydrogen-bond donors (Lipinski definition) is 2. The van der Waals surface area contributed by atoms with Crippen molar-refractivity contribution in [3.05, 3.63) is 53.9 Å². The van der Waals surface area contributed by atoms with E-state index in [1.54, 1.807) is 6.07 Å². The van der Waals surface area contributed by atoms with Crippen LogP contribution >= 0.6 is 0 Å². The van der Waals surface area contributed by atoms with Gasteiger partial charge in [-0.05, 0) is 17.2 Å². The smallest absolute Gasteiger partial charge is 0.303 e. The molecule has 0 spiro atoms. The molecule has 1 aromatic carbocycles. The molecule has 6 nitrogen and oxygen atoms in total. The number of pyridine rings is 1. The van der Waals surface area contributed by atoms with E-state index in [4.69, 9.17) is 15.2 Å². The monoisotopic (exact) mass is 349 g/mol. The van der Waals surface area contributed by atoms with Gasteiger partial charge in [-0.25, -0.2) is 4.39 Å². The molecule has 0 aliphatic carbocycles. The Labute approximate surface area is 145 Å². The van der Waals surface area contributed by atoms with E-state index in [0.717, 1.165) is 21.4 Å². The molecule has 2 atom stereocenters. The van der Waals surface area contributed by atoms with Crippen molar-refractivity contribution in [2.75, 3.05) is 13.8 Å². The summed E-state index contributed by atoms with van der Waals surface area (Å²) in [5.74, 6) is -0.418. The number of carbonyl (C=O) groups excluding carboxylic acids is 1. The Balaban J connectivity index is 2.19. The van der Waals surface area contributed by atoms with Crippen molar-refractivity contribution < 1.29 is 28.6 Å². The van der Waals surface area contributed by atoms with Gasteiger partial charge in [-0.1, -0.05) is 24.3 Å². The van der Waals surface area contributed by atoms with Crippen LogP contribution in [0.1, 0.15) is 24.3 Å². The third-order valence-electron chi connectivity index (χ3n) is 3.83. The lowest BCUT2D eigenvalue weighted by atomic mass is 9.99. The molecule has 7 heteroatoms. The molecule has 0 radical (unpaired) electrons. The van der Waals surface area contributed by atoms with E-state index >= 15 is 0 Å². The van der Waals surface area contributed by atoms with E-state index in [-0.39, 0.29) is 6.61 Å². The number of aromatic nitrogens is 1. The summed E-state index contributed by atoms with van der Waals surface area (Å²) in [5, 5.41) is 10.00. The van der Waals surface area contributed by atoms with Crippen LogP contribution in [0.25, 0.3) is 11.1 Å². The summed E-state index contributed by atoms with van der Waals surface area (Å²) in [6.07, 6.45) is 1.00. The van der Waals surface area contributed by atoms with Crippen molar-refractivity contribution in [1.29, 1.82) is 0 Å². The molecular formula is C18H22FN2O4+. The van der Waals surface area contributed by atoms with Gasteiger partial charge in [0.25, 0.3) is 5.69 Å². The minimum absolute atomic E-state index is 0.0122. The molecule has 0 bridgehead atoms. The quantitative estimate of drug-likeness (QED) is 0.453. The van der Waals surface area contributed by atoms with Crippen LogP contribution in [-0.2, 0) is 20.9 Å². The lowest BCUT2D eigenvalue weighted by molar-refractivity contribution is -0.910. The average molecular weight is 349 g/mol. The molecule has 0 unspecified atom stereocenters. The standard InChI is InChI=1S/C18H22FN2O4/c1-12(22)25-11-16-8-7-15(10-21(16)23)13-3-5-14(6-4-13)18(24-2)17(20)9-19/h3-8,10,17-18,23H,9,11,20H2,1-2H3/q+1/t17-,18-/m1/s1. The number of esters is 1. The minimum atomic E-state index is -0.726. The summed E-state index contributed by atoms with van der Waals surface area (Å²) in [7, 11) is 1.49. The van der Waals surface area contributed by atoms with Crippen molar-refractivity contribution in [3.63, 3.8) is 0 Å². The lowest BCUT2D eigenvalue weighted by Crippen LogP contribution is -2.35. The molecule has 0 fully saturated rings. The predicted octanol–water partition coefficient (Wildman–Crippen LogP) is 1.93. The first kappa shape index (κ1) is 18.8. The summed E-state index contributed by atoms with van der Waals surface area (Å²) >= 11 is 0. The molecule has 0 amide bonds. The van der Waals surface area contributed by atoms with E-state index in [9.17, 15) is 14.4 Å². The van der Waals surface area contributed by atoms with Gasteiger partial charge in [-0.15, -0.1) is 0 Å².